The van der Waals surface area contributed by atoms with E-state index in [1.165, 1.54) is 0 Å². The molecule has 0 bridgehead atoms. The van der Waals surface area contributed by atoms with Crippen molar-refractivity contribution >= 4 is 0 Å². The van der Waals surface area contributed by atoms with Crippen LogP contribution in [-0.2, 0) is 6.42 Å². The molecule has 0 aliphatic rings. The summed E-state index contributed by atoms with van der Waals surface area (Å²) in [6, 6.07) is 9.76. The fraction of sp³-hybridized carbons (Fsp3) is 0.200. The minimum atomic E-state index is 0.397. The van der Waals surface area contributed by atoms with E-state index in [1.807, 2.05) is 25.2 Å². The van der Waals surface area contributed by atoms with E-state index in [0.717, 1.165) is 24.1 Å². The highest BCUT2D eigenvalue weighted by Crippen LogP contribution is 2.24. The molecule has 106 valence electrons. The quantitative estimate of drug-likeness (QED) is 0.770. The van der Waals surface area contributed by atoms with E-state index in [0.29, 0.717) is 17.5 Å². The Balaban J connectivity index is 1.93. The van der Waals surface area contributed by atoms with Gasteiger partial charge in [0, 0.05) is 18.0 Å². The highest BCUT2D eigenvalue weighted by molar-refractivity contribution is 5.60. The summed E-state index contributed by atoms with van der Waals surface area (Å²) in [6.07, 6.45) is 4.20. The van der Waals surface area contributed by atoms with Crippen molar-refractivity contribution in [2.75, 3.05) is 13.6 Å². The SMILES string of the molecule is CNCCc1ccccc1-c1nc(-c2ncccn2)no1. The third-order valence-corrected chi connectivity index (χ3v) is 3.08. The first-order valence-electron chi connectivity index (χ1n) is 6.72. The van der Waals surface area contributed by atoms with Crippen molar-refractivity contribution in [1.82, 2.24) is 25.4 Å². The van der Waals surface area contributed by atoms with Crippen LogP contribution in [0.5, 0.6) is 0 Å². The summed E-state index contributed by atoms with van der Waals surface area (Å²) in [5.41, 5.74) is 2.11. The molecule has 0 spiro atoms. The molecule has 0 atom stereocenters. The average molecular weight is 281 g/mol. The van der Waals surface area contributed by atoms with Crippen molar-refractivity contribution in [3.8, 4) is 23.1 Å². The highest BCUT2D eigenvalue weighted by atomic mass is 16.5. The first-order chi connectivity index (χ1) is 10.4. The molecule has 1 aromatic carbocycles. The molecule has 0 saturated heterocycles. The summed E-state index contributed by atoms with van der Waals surface area (Å²) in [4.78, 5) is 12.6. The molecule has 6 nitrogen and oxygen atoms in total. The standard InChI is InChI=1S/C15H15N5O/c1-16-10-7-11-5-2-3-6-12(11)15-19-14(20-21-15)13-17-8-4-9-18-13/h2-6,8-9,16H,7,10H2,1H3. The monoisotopic (exact) mass is 281 g/mol. The van der Waals surface area contributed by atoms with Crippen LogP contribution in [0.25, 0.3) is 23.1 Å². The Labute approximate surface area is 122 Å². The largest absolute Gasteiger partial charge is 0.333 e. The van der Waals surface area contributed by atoms with E-state index in [9.17, 15) is 0 Å². The smallest absolute Gasteiger partial charge is 0.258 e. The van der Waals surface area contributed by atoms with E-state index in [4.69, 9.17) is 4.52 Å². The maximum Gasteiger partial charge on any atom is 0.258 e. The Bertz CT molecular complexity index is 711. The number of benzene rings is 1. The van der Waals surface area contributed by atoms with Gasteiger partial charge in [-0.15, -0.1) is 0 Å². The Morgan fingerprint density at radius 3 is 2.67 bits per heavy atom. The van der Waals surface area contributed by atoms with Gasteiger partial charge in [0.15, 0.2) is 0 Å². The number of rotatable bonds is 5. The summed E-state index contributed by atoms with van der Waals surface area (Å²) in [5, 5.41) is 7.10. The maximum atomic E-state index is 5.36. The molecule has 2 heterocycles. The van der Waals surface area contributed by atoms with Crippen LogP contribution < -0.4 is 5.32 Å². The molecule has 6 heteroatoms. The van der Waals surface area contributed by atoms with Crippen LogP contribution in [0.2, 0.25) is 0 Å². The van der Waals surface area contributed by atoms with Gasteiger partial charge in [-0.3, -0.25) is 0 Å². The third kappa shape index (κ3) is 2.95. The fourth-order valence-corrected chi connectivity index (χ4v) is 2.04. The van der Waals surface area contributed by atoms with Crippen molar-refractivity contribution in [1.29, 1.82) is 0 Å². The Hall–Kier alpha value is -2.60. The fourth-order valence-electron chi connectivity index (χ4n) is 2.04. The normalized spacial score (nSPS) is 10.7. The molecule has 21 heavy (non-hydrogen) atoms. The van der Waals surface area contributed by atoms with Gasteiger partial charge in [-0.25, -0.2) is 9.97 Å². The Kier molecular flexibility index (Phi) is 3.97. The van der Waals surface area contributed by atoms with Crippen molar-refractivity contribution in [3.63, 3.8) is 0 Å². The molecular weight excluding hydrogens is 266 g/mol. The van der Waals surface area contributed by atoms with Crippen LogP contribution in [0, 0.1) is 0 Å². The van der Waals surface area contributed by atoms with Gasteiger partial charge >= 0.3 is 0 Å². The predicted octanol–water partition coefficient (Wildman–Crippen LogP) is 1.96. The number of hydrogen-bond acceptors (Lipinski definition) is 6. The zero-order valence-electron chi connectivity index (χ0n) is 11.7. The minimum Gasteiger partial charge on any atom is -0.333 e. The van der Waals surface area contributed by atoms with Crippen LogP contribution in [0.1, 0.15) is 5.56 Å². The molecule has 0 aliphatic heterocycles. The molecule has 3 rings (SSSR count). The van der Waals surface area contributed by atoms with Gasteiger partial charge in [0.2, 0.25) is 11.6 Å². The summed E-state index contributed by atoms with van der Waals surface area (Å²) in [6.45, 7) is 0.889. The van der Waals surface area contributed by atoms with Gasteiger partial charge in [-0.05, 0) is 37.7 Å². The second-order valence-corrected chi connectivity index (χ2v) is 4.51. The second kappa shape index (κ2) is 6.23. The molecule has 3 aromatic rings. The van der Waals surface area contributed by atoms with E-state index in [2.05, 4.69) is 31.5 Å². The van der Waals surface area contributed by atoms with Crippen LogP contribution in [0.3, 0.4) is 0 Å². The first kappa shape index (κ1) is 13.4. The van der Waals surface area contributed by atoms with Crippen molar-refractivity contribution in [3.05, 3.63) is 48.3 Å². The minimum absolute atomic E-state index is 0.397. The lowest BCUT2D eigenvalue weighted by molar-refractivity contribution is 0.431. The van der Waals surface area contributed by atoms with Gasteiger partial charge in [-0.2, -0.15) is 4.98 Å². The van der Waals surface area contributed by atoms with Crippen LogP contribution in [-0.4, -0.2) is 33.7 Å². The van der Waals surface area contributed by atoms with Gasteiger partial charge in [0.25, 0.3) is 5.89 Å². The summed E-state index contributed by atoms with van der Waals surface area (Å²) < 4.78 is 5.36. The maximum absolute atomic E-state index is 5.36. The molecule has 0 fully saturated rings. The number of likely N-dealkylation sites (N-methyl/N-ethyl adjacent to an activating group) is 1. The second-order valence-electron chi connectivity index (χ2n) is 4.51. The van der Waals surface area contributed by atoms with Crippen LogP contribution >= 0.6 is 0 Å². The summed E-state index contributed by atoms with van der Waals surface area (Å²) >= 11 is 0. The number of nitrogens with zero attached hydrogens (tertiary/aromatic N) is 4. The first-order valence-corrected chi connectivity index (χ1v) is 6.72. The van der Waals surface area contributed by atoms with Gasteiger partial charge < -0.3 is 9.84 Å². The van der Waals surface area contributed by atoms with E-state index in [1.54, 1.807) is 18.5 Å². The molecule has 2 aromatic heterocycles. The molecule has 1 N–H and O–H groups in total. The molecular formula is C15H15N5O. The summed E-state index contributed by atoms with van der Waals surface area (Å²) in [7, 11) is 1.93. The average Bonchev–Trinajstić information content (AvgIpc) is 3.04. The van der Waals surface area contributed by atoms with E-state index < -0.39 is 0 Å². The zero-order valence-corrected chi connectivity index (χ0v) is 11.7. The zero-order chi connectivity index (χ0) is 14.5. The number of nitrogens with one attached hydrogen (secondary N) is 1. The van der Waals surface area contributed by atoms with E-state index >= 15 is 0 Å². The van der Waals surface area contributed by atoms with Crippen molar-refractivity contribution < 1.29 is 4.52 Å². The Morgan fingerprint density at radius 1 is 1.05 bits per heavy atom. The predicted molar refractivity (Wildman–Crippen MR) is 78.4 cm³/mol. The summed E-state index contributed by atoms with van der Waals surface area (Å²) in [5.74, 6) is 1.35. The van der Waals surface area contributed by atoms with Crippen LogP contribution in [0.4, 0.5) is 0 Å². The molecule has 0 radical (unpaired) electrons. The van der Waals surface area contributed by atoms with Crippen molar-refractivity contribution in [2.24, 2.45) is 0 Å². The highest BCUT2D eigenvalue weighted by Gasteiger charge is 2.14. The number of aromatic nitrogens is 4. The number of hydrogen-bond donors (Lipinski definition) is 1. The van der Waals surface area contributed by atoms with Gasteiger partial charge in [0.1, 0.15) is 0 Å². The lowest BCUT2D eigenvalue weighted by Gasteiger charge is -2.04. The molecule has 0 amide bonds. The van der Waals surface area contributed by atoms with Gasteiger partial charge in [0.05, 0.1) is 0 Å². The molecule has 0 aliphatic carbocycles. The lowest BCUT2D eigenvalue weighted by atomic mass is 10.0. The molecule has 0 saturated carbocycles. The third-order valence-electron chi connectivity index (χ3n) is 3.08. The topological polar surface area (TPSA) is 76.7 Å². The Morgan fingerprint density at radius 2 is 1.86 bits per heavy atom. The van der Waals surface area contributed by atoms with E-state index in [-0.39, 0.29) is 0 Å². The van der Waals surface area contributed by atoms with Gasteiger partial charge in [-0.1, -0.05) is 23.4 Å². The lowest BCUT2D eigenvalue weighted by Crippen LogP contribution is -2.10. The van der Waals surface area contributed by atoms with Crippen LogP contribution in [0.15, 0.2) is 47.2 Å². The molecule has 0 unspecified atom stereocenters. The van der Waals surface area contributed by atoms with Crippen molar-refractivity contribution in [2.45, 2.75) is 6.42 Å².